The van der Waals surface area contributed by atoms with E-state index in [1.165, 1.54) is 0 Å². The zero-order valence-corrected chi connectivity index (χ0v) is 16.9. The quantitative estimate of drug-likeness (QED) is 0.633. The standard InChI is InChI=1S/C22H29N3O3/c1-18(26)25(16-11-20-6-4-5-7-21(20)28-3)17-12-22(27)24(2)15-10-19-8-13-23-14-9-19/h4-9,13-14H,10-12,15-17H2,1-3H3. The summed E-state index contributed by atoms with van der Waals surface area (Å²) in [6.45, 7) is 3.16. The summed E-state index contributed by atoms with van der Waals surface area (Å²) in [6.07, 6.45) is 5.30. The highest BCUT2D eigenvalue weighted by Crippen LogP contribution is 2.18. The highest BCUT2D eigenvalue weighted by molar-refractivity contribution is 5.78. The molecule has 0 radical (unpaired) electrons. The van der Waals surface area contributed by atoms with Gasteiger partial charge in [0.1, 0.15) is 5.75 Å². The van der Waals surface area contributed by atoms with Crippen LogP contribution in [-0.4, -0.2) is 60.4 Å². The highest BCUT2D eigenvalue weighted by Gasteiger charge is 2.15. The number of amides is 2. The van der Waals surface area contributed by atoms with Crippen LogP contribution in [0.2, 0.25) is 0 Å². The number of hydrogen-bond donors (Lipinski definition) is 0. The summed E-state index contributed by atoms with van der Waals surface area (Å²) in [6, 6.07) is 11.7. The number of benzene rings is 1. The van der Waals surface area contributed by atoms with Crippen molar-refractivity contribution in [3.8, 4) is 5.75 Å². The summed E-state index contributed by atoms with van der Waals surface area (Å²) < 4.78 is 5.36. The van der Waals surface area contributed by atoms with Crippen LogP contribution in [0, 0.1) is 0 Å². The van der Waals surface area contributed by atoms with Crippen molar-refractivity contribution >= 4 is 11.8 Å². The van der Waals surface area contributed by atoms with Crippen LogP contribution in [0.1, 0.15) is 24.5 Å². The van der Waals surface area contributed by atoms with Crippen molar-refractivity contribution in [1.82, 2.24) is 14.8 Å². The smallest absolute Gasteiger partial charge is 0.224 e. The molecule has 0 atom stereocenters. The molecule has 2 rings (SSSR count). The maximum Gasteiger partial charge on any atom is 0.224 e. The number of carbonyl (C=O) groups excluding carboxylic acids is 2. The van der Waals surface area contributed by atoms with E-state index < -0.39 is 0 Å². The van der Waals surface area contributed by atoms with Crippen molar-refractivity contribution in [2.45, 2.75) is 26.2 Å². The van der Waals surface area contributed by atoms with Crippen LogP contribution in [0.25, 0.3) is 0 Å². The Labute approximate surface area is 167 Å². The van der Waals surface area contributed by atoms with Crippen LogP contribution >= 0.6 is 0 Å². The molecule has 0 saturated carbocycles. The molecule has 0 fully saturated rings. The fourth-order valence-electron chi connectivity index (χ4n) is 2.98. The Hall–Kier alpha value is -2.89. The lowest BCUT2D eigenvalue weighted by atomic mass is 10.1. The van der Waals surface area contributed by atoms with Crippen LogP contribution in [0.3, 0.4) is 0 Å². The number of nitrogens with zero attached hydrogens (tertiary/aromatic N) is 3. The van der Waals surface area contributed by atoms with Gasteiger partial charge in [0.05, 0.1) is 7.11 Å². The van der Waals surface area contributed by atoms with Gasteiger partial charge >= 0.3 is 0 Å². The van der Waals surface area contributed by atoms with Crippen LogP contribution < -0.4 is 4.74 Å². The van der Waals surface area contributed by atoms with Gasteiger partial charge in [-0.1, -0.05) is 18.2 Å². The van der Waals surface area contributed by atoms with E-state index in [-0.39, 0.29) is 11.8 Å². The molecule has 0 N–H and O–H groups in total. The molecule has 0 aliphatic carbocycles. The lowest BCUT2D eigenvalue weighted by Gasteiger charge is -2.23. The van der Waals surface area contributed by atoms with Gasteiger partial charge in [0.25, 0.3) is 0 Å². The summed E-state index contributed by atoms with van der Waals surface area (Å²) >= 11 is 0. The fraction of sp³-hybridized carbons (Fsp3) is 0.409. The first-order chi connectivity index (χ1) is 13.5. The van der Waals surface area contributed by atoms with Gasteiger partial charge in [-0.05, 0) is 42.2 Å². The molecular formula is C22H29N3O3. The van der Waals surface area contributed by atoms with Crippen molar-refractivity contribution < 1.29 is 14.3 Å². The van der Waals surface area contributed by atoms with Crippen molar-refractivity contribution in [3.63, 3.8) is 0 Å². The number of rotatable bonds is 10. The molecule has 1 aromatic heterocycles. The molecular weight excluding hydrogens is 354 g/mol. The van der Waals surface area contributed by atoms with E-state index in [2.05, 4.69) is 4.98 Å². The third-order valence-electron chi connectivity index (χ3n) is 4.80. The summed E-state index contributed by atoms with van der Waals surface area (Å²) in [7, 11) is 3.44. The van der Waals surface area contributed by atoms with E-state index in [4.69, 9.17) is 4.74 Å². The Morgan fingerprint density at radius 3 is 2.39 bits per heavy atom. The molecule has 0 aliphatic heterocycles. The monoisotopic (exact) mass is 383 g/mol. The molecule has 0 unspecified atom stereocenters. The first-order valence-corrected chi connectivity index (χ1v) is 9.51. The third kappa shape index (κ3) is 6.68. The molecule has 2 aromatic rings. The van der Waals surface area contributed by atoms with E-state index in [9.17, 15) is 9.59 Å². The second-order valence-electron chi connectivity index (χ2n) is 6.74. The average Bonchev–Trinajstić information content (AvgIpc) is 2.72. The summed E-state index contributed by atoms with van der Waals surface area (Å²) in [4.78, 5) is 31.8. The van der Waals surface area contributed by atoms with Gasteiger partial charge in [0, 0.05) is 52.4 Å². The molecule has 6 heteroatoms. The van der Waals surface area contributed by atoms with E-state index in [1.807, 2.05) is 36.4 Å². The van der Waals surface area contributed by atoms with Gasteiger partial charge in [-0.2, -0.15) is 0 Å². The SMILES string of the molecule is COc1ccccc1CCN(CCC(=O)N(C)CCc1ccncc1)C(C)=O. The molecule has 150 valence electrons. The van der Waals surface area contributed by atoms with Crippen LogP contribution in [0.15, 0.2) is 48.8 Å². The lowest BCUT2D eigenvalue weighted by molar-refractivity contribution is -0.132. The molecule has 2 amide bonds. The van der Waals surface area contributed by atoms with Gasteiger partial charge < -0.3 is 14.5 Å². The summed E-state index contributed by atoms with van der Waals surface area (Å²) in [5, 5.41) is 0. The molecule has 0 aliphatic rings. The normalized spacial score (nSPS) is 10.4. The Morgan fingerprint density at radius 1 is 1.00 bits per heavy atom. The van der Waals surface area contributed by atoms with Gasteiger partial charge in [-0.3, -0.25) is 14.6 Å². The number of aromatic nitrogens is 1. The second kappa shape index (κ2) is 11.1. The fourth-order valence-corrected chi connectivity index (χ4v) is 2.98. The summed E-state index contributed by atoms with van der Waals surface area (Å²) in [5.41, 5.74) is 2.20. The molecule has 0 saturated heterocycles. The van der Waals surface area contributed by atoms with Crippen molar-refractivity contribution in [2.24, 2.45) is 0 Å². The molecule has 6 nitrogen and oxygen atoms in total. The molecule has 1 aromatic carbocycles. The predicted molar refractivity (Wildman–Crippen MR) is 109 cm³/mol. The molecule has 1 heterocycles. The minimum atomic E-state index is -0.0258. The maximum absolute atomic E-state index is 12.4. The van der Waals surface area contributed by atoms with Gasteiger partial charge in [0.15, 0.2) is 0 Å². The Kier molecular flexibility index (Phi) is 8.46. The average molecular weight is 383 g/mol. The van der Waals surface area contributed by atoms with Gasteiger partial charge in [-0.15, -0.1) is 0 Å². The maximum atomic E-state index is 12.4. The minimum Gasteiger partial charge on any atom is -0.496 e. The Balaban J connectivity index is 1.81. The van der Waals surface area contributed by atoms with Crippen LogP contribution in [0.4, 0.5) is 0 Å². The van der Waals surface area contributed by atoms with E-state index in [0.29, 0.717) is 32.5 Å². The first kappa shape index (κ1) is 21.4. The number of likely N-dealkylation sites (N-methyl/N-ethyl adjacent to an activating group) is 1. The Bertz CT molecular complexity index is 765. The number of ether oxygens (including phenoxy) is 1. The third-order valence-corrected chi connectivity index (χ3v) is 4.80. The number of para-hydroxylation sites is 1. The van der Waals surface area contributed by atoms with Crippen molar-refractivity contribution in [2.75, 3.05) is 33.8 Å². The summed E-state index contributed by atoms with van der Waals surface area (Å²) in [5.74, 6) is 0.831. The molecule has 28 heavy (non-hydrogen) atoms. The number of carbonyl (C=O) groups is 2. The van der Waals surface area contributed by atoms with Crippen molar-refractivity contribution in [1.29, 1.82) is 0 Å². The number of hydrogen-bond acceptors (Lipinski definition) is 4. The lowest BCUT2D eigenvalue weighted by Crippen LogP contribution is -2.36. The first-order valence-electron chi connectivity index (χ1n) is 9.51. The second-order valence-corrected chi connectivity index (χ2v) is 6.74. The van der Waals surface area contributed by atoms with Crippen LogP contribution in [-0.2, 0) is 22.4 Å². The highest BCUT2D eigenvalue weighted by atomic mass is 16.5. The predicted octanol–water partition coefficient (Wildman–Crippen LogP) is 2.57. The minimum absolute atomic E-state index is 0.0258. The van der Waals surface area contributed by atoms with E-state index in [0.717, 1.165) is 23.3 Å². The number of methoxy groups -OCH3 is 1. The number of pyridine rings is 1. The zero-order valence-electron chi connectivity index (χ0n) is 16.9. The zero-order chi connectivity index (χ0) is 20.4. The van der Waals surface area contributed by atoms with E-state index in [1.54, 1.807) is 43.3 Å². The molecule has 0 bridgehead atoms. The Morgan fingerprint density at radius 2 is 1.71 bits per heavy atom. The van der Waals surface area contributed by atoms with Crippen LogP contribution in [0.5, 0.6) is 5.75 Å². The molecule has 0 spiro atoms. The van der Waals surface area contributed by atoms with E-state index >= 15 is 0 Å². The topological polar surface area (TPSA) is 62.7 Å². The largest absolute Gasteiger partial charge is 0.496 e. The van der Waals surface area contributed by atoms with Crippen molar-refractivity contribution in [3.05, 3.63) is 59.9 Å². The van der Waals surface area contributed by atoms with Gasteiger partial charge in [-0.25, -0.2) is 0 Å². The van der Waals surface area contributed by atoms with Gasteiger partial charge in [0.2, 0.25) is 11.8 Å².